The number of amides is 1. The molecular formula is C20H21ClN2O6S. The van der Waals surface area contributed by atoms with Gasteiger partial charge in [-0.1, -0.05) is 18.0 Å². The molecule has 0 aliphatic carbocycles. The Bertz CT molecular complexity index is 1030. The van der Waals surface area contributed by atoms with E-state index in [4.69, 9.17) is 20.8 Å². The van der Waals surface area contributed by atoms with E-state index in [9.17, 15) is 18.0 Å². The largest absolute Gasteiger partial charge is 0.465 e. The van der Waals surface area contributed by atoms with Gasteiger partial charge in [0, 0.05) is 19.2 Å². The highest BCUT2D eigenvalue weighted by molar-refractivity contribution is 7.89. The number of carbonyl (C=O) groups excluding carboxylic acids is 2. The molecule has 0 bridgehead atoms. The van der Waals surface area contributed by atoms with Gasteiger partial charge in [-0.2, -0.15) is 4.31 Å². The van der Waals surface area contributed by atoms with E-state index in [-0.39, 0.29) is 15.6 Å². The molecule has 0 unspecified atom stereocenters. The summed E-state index contributed by atoms with van der Waals surface area (Å²) in [5.74, 6) is -0.909. The number of benzene rings is 1. The van der Waals surface area contributed by atoms with Gasteiger partial charge < -0.3 is 14.5 Å². The normalized spacial score (nSPS) is 15.2. The quantitative estimate of drug-likeness (QED) is 0.510. The molecule has 10 heteroatoms. The number of anilines is 1. The predicted molar refractivity (Wildman–Crippen MR) is 111 cm³/mol. The number of nitrogens with zero attached hydrogens (tertiary/aromatic N) is 1. The zero-order chi connectivity index (χ0) is 21.6. The molecule has 1 aromatic heterocycles. The molecule has 2 heterocycles. The highest BCUT2D eigenvalue weighted by atomic mass is 35.5. The number of hydrogen-bond acceptors (Lipinski definition) is 6. The summed E-state index contributed by atoms with van der Waals surface area (Å²) in [6, 6.07) is 7.45. The van der Waals surface area contributed by atoms with Gasteiger partial charge in [0.1, 0.15) is 5.76 Å². The maximum absolute atomic E-state index is 12.8. The zero-order valence-electron chi connectivity index (χ0n) is 16.0. The van der Waals surface area contributed by atoms with Crippen LogP contribution in [0.15, 0.2) is 52.0 Å². The number of halogens is 1. The van der Waals surface area contributed by atoms with Crippen molar-refractivity contribution < 1.29 is 27.2 Å². The maximum atomic E-state index is 12.8. The van der Waals surface area contributed by atoms with Crippen molar-refractivity contribution in [2.24, 2.45) is 0 Å². The molecule has 0 spiro atoms. The average molecular weight is 453 g/mol. The van der Waals surface area contributed by atoms with Crippen LogP contribution in [0, 0.1) is 0 Å². The summed E-state index contributed by atoms with van der Waals surface area (Å²) in [5, 5.41) is 2.65. The van der Waals surface area contributed by atoms with Gasteiger partial charge in [0.05, 0.1) is 21.9 Å². The van der Waals surface area contributed by atoms with Crippen molar-refractivity contribution in [2.75, 3.05) is 25.0 Å². The van der Waals surface area contributed by atoms with Crippen LogP contribution < -0.4 is 5.32 Å². The number of hydrogen-bond donors (Lipinski definition) is 1. The van der Waals surface area contributed by atoms with Crippen LogP contribution in [0.4, 0.5) is 5.69 Å². The van der Waals surface area contributed by atoms with Gasteiger partial charge in [-0.3, -0.25) is 4.79 Å². The first-order valence-corrected chi connectivity index (χ1v) is 11.2. The summed E-state index contributed by atoms with van der Waals surface area (Å²) in [6.45, 7) is 0.378. The summed E-state index contributed by atoms with van der Waals surface area (Å²) in [7, 11) is -3.67. The number of rotatable bonds is 7. The molecule has 160 valence electrons. The van der Waals surface area contributed by atoms with Crippen molar-refractivity contribution in [2.45, 2.75) is 24.2 Å². The molecule has 0 radical (unpaired) electrons. The Morgan fingerprint density at radius 1 is 1.20 bits per heavy atom. The molecule has 1 N–H and O–H groups in total. The van der Waals surface area contributed by atoms with Gasteiger partial charge in [0.15, 0.2) is 6.61 Å². The maximum Gasteiger partial charge on any atom is 0.331 e. The van der Waals surface area contributed by atoms with Crippen molar-refractivity contribution in [1.82, 2.24) is 4.31 Å². The molecule has 1 amide bonds. The molecule has 3 rings (SSSR count). The third kappa shape index (κ3) is 5.71. The third-order valence-electron chi connectivity index (χ3n) is 4.44. The number of esters is 1. The number of piperidine rings is 1. The number of nitrogens with one attached hydrogen (secondary N) is 1. The molecule has 1 saturated heterocycles. The van der Waals surface area contributed by atoms with Crippen LogP contribution in [-0.2, 0) is 24.3 Å². The third-order valence-corrected chi connectivity index (χ3v) is 6.66. The van der Waals surface area contributed by atoms with Crippen LogP contribution in [-0.4, -0.2) is 44.3 Å². The SMILES string of the molecule is O=C(COC(=O)C=Cc1ccco1)Nc1cc(S(=O)(=O)N2CCCCC2)ccc1Cl. The lowest BCUT2D eigenvalue weighted by Crippen LogP contribution is -2.35. The van der Waals surface area contributed by atoms with Crippen molar-refractivity contribution in [3.63, 3.8) is 0 Å². The van der Waals surface area contributed by atoms with Crippen molar-refractivity contribution >= 4 is 45.3 Å². The molecule has 8 nitrogen and oxygen atoms in total. The van der Waals surface area contributed by atoms with Crippen LogP contribution >= 0.6 is 11.6 Å². The molecular weight excluding hydrogens is 432 g/mol. The minimum absolute atomic E-state index is 0.0440. The molecule has 30 heavy (non-hydrogen) atoms. The molecule has 0 atom stereocenters. The molecule has 1 aliphatic rings. The van der Waals surface area contributed by atoms with Gasteiger partial charge in [0.2, 0.25) is 10.0 Å². The predicted octanol–water partition coefficient (Wildman–Crippen LogP) is 3.30. The van der Waals surface area contributed by atoms with E-state index in [1.165, 1.54) is 34.8 Å². The Kier molecular flexibility index (Phi) is 7.30. The Labute approximate surface area is 179 Å². The Balaban J connectivity index is 1.61. The summed E-state index contributed by atoms with van der Waals surface area (Å²) >= 11 is 6.09. The van der Waals surface area contributed by atoms with E-state index >= 15 is 0 Å². The minimum Gasteiger partial charge on any atom is -0.465 e. The van der Waals surface area contributed by atoms with Gasteiger partial charge in [-0.05, 0) is 49.2 Å². The highest BCUT2D eigenvalue weighted by Crippen LogP contribution is 2.28. The standard InChI is InChI=1S/C20H21ClN2O6S/c21-17-8-7-16(30(26,27)23-10-2-1-3-11-23)13-18(17)22-19(24)14-29-20(25)9-6-15-5-4-12-28-15/h4-9,12-13H,1-3,10-11,14H2,(H,22,24). The Hall–Kier alpha value is -2.62. The second-order valence-corrected chi connectivity index (χ2v) is 8.96. The minimum atomic E-state index is -3.67. The van der Waals surface area contributed by atoms with E-state index in [0.717, 1.165) is 25.3 Å². The van der Waals surface area contributed by atoms with Crippen LogP contribution in [0.1, 0.15) is 25.0 Å². The van der Waals surface area contributed by atoms with Gasteiger partial charge in [-0.15, -0.1) is 0 Å². The topological polar surface area (TPSA) is 106 Å². The Morgan fingerprint density at radius 3 is 2.67 bits per heavy atom. The fourth-order valence-electron chi connectivity index (χ4n) is 2.92. The summed E-state index contributed by atoms with van der Waals surface area (Å²) in [4.78, 5) is 23.8. The number of ether oxygens (including phenoxy) is 1. The number of sulfonamides is 1. The van der Waals surface area contributed by atoms with Crippen LogP contribution in [0.3, 0.4) is 0 Å². The summed E-state index contributed by atoms with van der Waals surface area (Å²) < 4.78 is 36.9. The van der Waals surface area contributed by atoms with E-state index in [0.29, 0.717) is 18.8 Å². The van der Waals surface area contributed by atoms with E-state index < -0.39 is 28.5 Å². The van der Waals surface area contributed by atoms with Gasteiger partial charge in [0.25, 0.3) is 5.91 Å². The van der Waals surface area contributed by atoms with E-state index in [1.807, 2.05) is 0 Å². The van der Waals surface area contributed by atoms with Crippen molar-refractivity contribution in [3.8, 4) is 0 Å². The zero-order valence-corrected chi connectivity index (χ0v) is 17.6. The molecule has 1 aliphatic heterocycles. The Morgan fingerprint density at radius 2 is 1.97 bits per heavy atom. The summed E-state index contributed by atoms with van der Waals surface area (Å²) in [6.07, 6.45) is 6.63. The summed E-state index contributed by atoms with van der Waals surface area (Å²) in [5.41, 5.74) is 0.127. The van der Waals surface area contributed by atoms with Gasteiger partial charge in [-0.25, -0.2) is 13.2 Å². The van der Waals surface area contributed by atoms with Crippen molar-refractivity contribution in [1.29, 1.82) is 0 Å². The molecule has 1 fully saturated rings. The number of carbonyl (C=O) groups is 2. The highest BCUT2D eigenvalue weighted by Gasteiger charge is 2.26. The fraction of sp³-hybridized carbons (Fsp3) is 0.300. The average Bonchev–Trinajstić information content (AvgIpc) is 3.26. The lowest BCUT2D eigenvalue weighted by Gasteiger charge is -2.26. The lowest BCUT2D eigenvalue weighted by molar-refractivity contribution is -0.142. The second kappa shape index (κ2) is 9.92. The van der Waals surface area contributed by atoms with Crippen LogP contribution in [0.5, 0.6) is 0 Å². The first kappa shape index (κ1) is 22.1. The molecule has 1 aromatic carbocycles. The first-order valence-electron chi connectivity index (χ1n) is 9.34. The fourth-order valence-corrected chi connectivity index (χ4v) is 4.63. The lowest BCUT2D eigenvalue weighted by atomic mass is 10.2. The number of furan rings is 1. The molecule has 0 saturated carbocycles. The van der Waals surface area contributed by atoms with Crippen molar-refractivity contribution in [3.05, 3.63) is 53.5 Å². The van der Waals surface area contributed by atoms with Crippen LogP contribution in [0.25, 0.3) is 6.08 Å². The van der Waals surface area contributed by atoms with E-state index in [2.05, 4.69) is 5.32 Å². The van der Waals surface area contributed by atoms with Crippen LogP contribution in [0.2, 0.25) is 5.02 Å². The monoisotopic (exact) mass is 452 g/mol. The second-order valence-electron chi connectivity index (χ2n) is 6.61. The molecule has 2 aromatic rings. The van der Waals surface area contributed by atoms with Gasteiger partial charge >= 0.3 is 5.97 Å². The smallest absolute Gasteiger partial charge is 0.331 e. The first-order chi connectivity index (χ1) is 14.4. The van der Waals surface area contributed by atoms with E-state index in [1.54, 1.807) is 12.1 Å².